The highest BCUT2D eigenvalue weighted by Gasteiger charge is 2.25. The zero-order chi connectivity index (χ0) is 40.0. The van der Waals surface area contributed by atoms with Gasteiger partial charge in [0, 0.05) is 19.3 Å². The lowest BCUT2D eigenvalue weighted by atomic mass is 10.1. The van der Waals surface area contributed by atoms with Gasteiger partial charge in [0.1, 0.15) is 12.6 Å². The molecule has 0 aliphatic rings. The second-order valence-electron chi connectivity index (χ2n) is 15.9. The first-order valence-corrected chi connectivity index (χ1v) is 22.0. The number of hydrogen-bond donors (Lipinski definition) is 0. The molecule has 2 atom stereocenters. The summed E-state index contributed by atoms with van der Waals surface area (Å²) in [4.78, 5) is 36.8. The Bertz CT molecular complexity index is 984. The molecule has 0 heterocycles. The standard InChI is InChI=1S/C46H83NO7/c1-6-8-10-12-14-16-18-20-21-22-23-25-27-29-31-33-35-37-45(49)54-42(40-52-39-38-43(46(50)51)47(3,4)5)41-53-44(48)36-34-32-30-28-26-24-19-17-15-13-11-9-7-2/h14,16-17,19-21,42-43H,6-13,15,18,22-41H2,1-5H3/b16-14-,19-17-,21-20-. The highest BCUT2D eigenvalue weighted by molar-refractivity contribution is 5.70. The van der Waals surface area contributed by atoms with E-state index in [0.717, 1.165) is 64.2 Å². The maximum atomic E-state index is 12.7. The topological polar surface area (TPSA) is 102 Å². The Morgan fingerprint density at radius 2 is 0.981 bits per heavy atom. The van der Waals surface area contributed by atoms with Crippen LogP contribution in [0.4, 0.5) is 0 Å². The summed E-state index contributed by atoms with van der Waals surface area (Å²) >= 11 is 0. The van der Waals surface area contributed by atoms with E-state index in [1.165, 1.54) is 89.9 Å². The molecule has 0 fully saturated rings. The van der Waals surface area contributed by atoms with Crippen LogP contribution in [0.2, 0.25) is 0 Å². The molecule has 54 heavy (non-hydrogen) atoms. The Morgan fingerprint density at radius 1 is 0.556 bits per heavy atom. The molecule has 0 saturated heterocycles. The van der Waals surface area contributed by atoms with Gasteiger partial charge in [0.15, 0.2) is 6.10 Å². The second kappa shape index (κ2) is 37.5. The lowest BCUT2D eigenvalue weighted by Crippen LogP contribution is -2.55. The fraction of sp³-hybridized carbons (Fsp3) is 0.804. The third kappa shape index (κ3) is 35.3. The summed E-state index contributed by atoms with van der Waals surface area (Å²) in [6, 6.07) is -0.727. The molecular formula is C46H83NO7. The molecule has 0 saturated carbocycles. The number of aliphatic carboxylic acids is 1. The molecule has 0 aliphatic carbocycles. The molecule has 0 spiro atoms. The molecule has 8 heteroatoms. The van der Waals surface area contributed by atoms with Crippen molar-refractivity contribution < 1.29 is 38.2 Å². The summed E-state index contributed by atoms with van der Waals surface area (Å²) in [6.45, 7) is 4.60. The summed E-state index contributed by atoms with van der Waals surface area (Å²) in [5.74, 6) is -1.75. The van der Waals surface area contributed by atoms with E-state index < -0.39 is 18.1 Å². The molecule has 2 unspecified atom stereocenters. The maximum Gasteiger partial charge on any atom is 0.306 e. The number of ether oxygens (including phenoxy) is 3. The summed E-state index contributed by atoms with van der Waals surface area (Å²) in [5.41, 5.74) is 0. The number of allylic oxidation sites excluding steroid dienone is 6. The largest absolute Gasteiger partial charge is 0.544 e. The molecule has 0 bridgehead atoms. The number of carboxylic acid groups (broad SMARTS) is 1. The van der Waals surface area contributed by atoms with Crippen LogP contribution in [-0.2, 0) is 28.6 Å². The van der Waals surface area contributed by atoms with E-state index in [0.29, 0.717) is 12.8 Å². The Morgan fingerprint density at radius 3 is 1.48 bits per heavy atom. The first-order valence-electron chi connectivity index (χ1n) is 22.0. The predicted molar refractivity (Wildman–Crippen MR) is 222 cm³/mol. The van der Waals surface area contributed by atoms with Crippen molar-refractivity contribution in [3.05, 3.63) is 36.5 Å². The number of carboxylic acids is 1. The van der Waals surface area contributed by atoms with Gasteiger partial charge in [-0.2, -0.15) is 0 Å². The third-order valence-corrected chi connectivity index (χ3v) is 9.75. The van der Waals surface area contributed by atoms with Gasteiger partial charge in [0.05, 0.1) is 40.3 Å². The fourth-order valence-electron chi connectivity index (χ4n) is 6.27. The van der Waals surface area contributed by atoms with Crippen LogP contribution in [0.1, 0.15) is 187 Å². The van der Waals surface area contributed by atoms with E-state index in [2.05, 4.69) is 50.3 Å². The quantitative estimate of drug-likeness (QED) is 0.0266. The van der Waals surface area contributed by atoms with Crippen molar-refractivity contribution in [2.45, 2.75) is 199 Å². The lowest BCUT2D eigenvalue weighted by Gasteiger charge is -2.34. The number of hydrogen-bond acceptors (Lipinski definition) is 7. The molecule has 314 valence electrons. The van der Waals surface area contributed by atoms with Gasteiger partial charge in [-0.1, -0.05) is 134 Å². The van der Waals surface area contributed by atoms with Crippen LogP contribution >= 0.6 is 0 Å². The zero-order valence-electron chi connectivity index (χ0n) is 35.6. The van der Waals surface area contributed by atoms with Gasteiger partial charge in [0.25, 0.3) is 0 Å². The van der Waals surface area contributed by atoms with Gasteiger partial charge >= 0.3 is 11.9 Å². The fourth-order valence-corrected chi connectivity index (χ4v) is 6.27. The van der Waals surface area contributed by atoms with Gasteiger partial charge < -0.3 is 28.6 Å². The molecule has 0 aromatic rings. The predicted octanol–water partition coefficient (Wildman–Crippen LogP) is 10.5. The monoisotopic (exact) mass is 762 g/mol. The van der Waals surface area contributed by atoms with Crippen LogP contribution in [0.5, 0.6) is 0 Å². The second-order valence-corrected chi connectivity index (χ2v) is 15.9. The number of carbonyl (C=O) groups excluding carboxylic acids is 3. The summed E-state index contributed by atoms with van der Waals surface area (Å²) in [7, 11) is 5.40. The zero-order valence-corrected chi connectivity index (χ0v) is 35.6. The normalized spacial score (nSPS) is 13.3. The van der Waals surface area contributed by atoms with Crippen LogP contribution in [-0.4, -0.2) is 75.5 Å². The average Bonchev–Trinajstić information content (AvgIpc) is 3.12. The Hall–Kier alpha value is -2.45. The number of quaternary nitrogens is 1. The molecule has 0 rings (SSSR count). The molecule has 0 aromatic heterocycles. The molecule has 8 nitrogen and oxygen atoms in total. The third-order valence-electron chi connectivity index (χ3n) is 9.75. The Kier molecular flexibility index (Phi) is 35.8. The van der Waals surface area contributed by atoms with Crippen molar-refractivity contribution in [3.8, 4) is 0 Å². The molecule has 0 aliphatic heterocycles. The Balaban J connectivity index is 4.37. The van der Waals surface area contributed by atoms with E-state index in [1.54, 1.807) is 21.1 Å². The minimum absolute atomic E-state index is 0.0358. The highest BCUT2D eigenvalue weighted by atomic mass is 16.6. The number of unbranched alkanes of at least 4 members (excludes halogenated alkanes) is 19. The van der Waals surface area contributed by atoms with Gasteiger partial charge in [-0.15, -0.1) is 0 Å². The van der Waals surface area contributed by atoms with Gasteiger partial charge in [-0.05, 0) is 70.6 Å². The lowest BCUT2D eigenvalue weighted by molar-refractivity contribution is -0.889. The number of rotatable bonds is 39. The highest BCUT2D eigenvalue weighted by Crippen LogP contribution is 2.13. The van der Waals surface area contributed by atoms with Gasteiger partial charge in [-0.25, -0.2) is 0 Å². The number of likely N-dealkylation sites (N-methyl/N-ethyl adjacent to an activating group) is 1. The van der Waals surface area contributed by atoms with E-state index in [9.17, 15) is 19.5 Å². The van der Waals surface area contributed by atoms with Gasteiger partial charge in [0.2, 0.25) is 0 Å². The number of esters is 2. The minimum atomic E-state index is -1.13. The average molecular weight is 762 g/mol. The first kappa shape index (κ1) is 51.5. The number of carbonyl (C=O) groups is 3. The molecule has 0 radical (unpaired) electrons. The van der Waals surface area contributed by atoms with Gasteiger partial charge in [-0.3, -0.25) is 9.59 Å². The van der Waals surface area contributed by atoms with Crippen molar-refractivity contribution in [3.63, 3.8) is 0 Å². The van der Waals surface area contributed by atoms with E-state index in [4.69, 9.17) is 14.2 Å². The summed E-state index contributed by atoms with van der Waals surface area (Å²) in [6.07, 6.45) is 41.6. The molecule has 0 aromatic carbocycles. The van der Waals surface area contributed by atoms with Crippen LogP contribution < -0.4 is 5.11 Å². The molecular weight excluding hydrogens is 679 g/mol. The van der Waals surface area contributed by atoms with Crippen molar-refractivity contribution in [2.75, 3.05) is 41.0 Å². The Labute approximate surface area is 332 Å². The smallest absolute Gasteiger partial charge is 0.306 e. The van der Waals surface area contributed by atoms with Crippen molar-refractivity contribution in [1.82, 2.24) is 0 Å². The van der Waals surface area contributed by atoms with E-state index in [1.807, 2.05) is 0 Å². The van der Waals surface area contributed by atoms with Crippen molar-refractivity contribution >= 4 is 17.9 Å². The number of nitrogens with zero attached hydrogens (tertiary/aromatic N) is 1. The maximum absolute atomic E-state index is 12.7. The van der Waals surface area contributed by atoms with Crippen LogP contribution in [0.3, 0.4) is 0 Å². The SMILES string of the molecule is CCCCC/C=C\C/C=C\CCCCCCCCCC(=O)OC(COCCC(C(=O)[O-])[N+](C)(C)C)COC(=O)CCCCCCC/C=C\CCCCCC. The van der Waals surface area contributed by atoms with Crippen LogP contribution in [0, 0.1) is 0 Å². The van der Waals surface area contributed by atoms with Crippen molar-refractivity contribution in [2.24, 2.45) is 0 Å². The molecule has 0 amide bonds. The van der Waals surface area contributed by atoms with Crippen molar-refractivity contribution in [1.29, 1.82) is 0 Å². The van der Waals surface area contributed by atoms with Crippen LogP contribution in [0.25, 0.3) is 0 Å². The van der Waals surface area contributed by atoms with E-state index >= 15 is 0 Å². The molecule has 0 N–H and O–H groups in total. The summed E-state index contributed by atoms with van der Waals surface area (Å²) < 4.78 is 17.1. The summed E-state index contributed by atoms with van der Waals surface area (Å²) in [5, 5.41) is 11.6. The van der Waals surface area contributed by atoms with Crippen LogP contribution in [0.15, 0.2) is 36.5 Å². The van der Waals surface area contributed by atoms with E-state index in [-0.39, 0.29) is 42.7 Å². The first-order chi connectivity index (χ1) is 26.1. The minimum Gasteiger partial charge on any atom is -0.544 e.